The van der Waals surface area contributed by atoms with Crippen LogP contribution in [0.2, 0.25) is 0 Å². The smallest absolute Gasteiger partial charge is 0.386 e. The van der Waals surface area contributed by atoms with Crippen molar-refractivity contribution in [1.29, 1.82) is 0 Å². The fourth-order valence-electron chi connectivity index (χ4n) is 5.02. The van der Waals surface area contributed by atoms with E-state index in [4.69, 9.17) is 33.3 Å². The number of hydrogen-bond acceptors (Lipinski definition) is 15. The van der Waals surface area contributed by atoms with Crippen LogP contribution in [0.15, 0.2) is 29.7 Å². The zero-order valence-corrected chi connectivity index (χ0v) is 24.5. The summed E-state index contributed by atoms with van der Waals surface area (Å²) in [5.41, 5.74) is 5.05. The first-order valence-electron chi connectivity index (χ1n) is 12.3. The number of fused-ring (bicyclic) bond motifs is 4. The van der Waals surface area contributed by atoms with Gasteiger partial charge in [0.25, 0.3) is 5.56 Å². The highest BCUT2D eigenvalue weighted by Gasteiger charge is 2.51. The number of imidazole rings is 1. The van der Waals surface area contributed by atoms with E-state index in [0.717, 1.165) is 0 Å². The van der Waals surface area contributed by atoms with Gasteiger partial charge < -0.3 is 24.8 Å². The van der Waals surface area contributed by atoms with Crippen molar-refractivity contribution in [3.63, 3.8) is 0 Å². The van der Waals surface area contributed by atoms with Crippen LogP contribution in [0.3, 0.4) is 0 Å². The Hall–Kier alpha value is -2.05. The molecule has 0 aromatic carbocycles. The van der Waals surface area contributed by atoms with E-state index in [0.29, 0.717) is 12.3 Å². The number of anilines is 1. The number of nitrogens with zero attached hydrogens (tertiary/aromatic N) is 5. The Morgan fingerprint density at radius 2 is 1.90 bits per heavy atom. The zero-order valence-electron chi connectivity index (χ0n) is 20.9. The first-order valence-corrected chi connectivity index (χ1v) is 17.7. The third-order valence-electron chi connectivity index (χ3n) is 6.84. The second kappa shape index (κ2) is 11.2. The highest BCUT2D eigenvalue weighted by Crippen LogP contribution is 2.60. The number of nitrogen functional groups attached to an aromatic ring is 1. The molecule has 0 amide bonds. The van der Waals surface area contributed by atoms with Crippen molar-refractivity contribution in [2.75, 3.05) is 18.9 Å². The van der Waals surface area contributed by atoms with Crippen LogP contribution < -0.4 is 16.0 Å². The normalized spacial score (nSPS) is 38.1. The number of aliphatic hydroxyl groups excluding tert-OH is 1. The van der Waals surface area contributed by atoms with E-state index in [-0.39, 0.29) is 30.1 Å². The zero-order chi connectivity index (χ0) is 28.9. The van der Waals surface area contributed by atoms with Gasteiger partial charge in [-0.2, -0.15) is 4.98 Å². The van der Waals surface area contributed by atoms with E-state index in [2.05, 4.69) is 49.4 Å². The van der Waals surface area contributed by atoms with E-state index in [1.165, 1.54) is 23.4 Å². The van der Waals surface area contributed by atoms with Crippen LogP contribution in [0.4, 0.5) is 5.95 Å². The third-order valence-corrected chi connectivity index (χ3v) is 10.1. The van der Waals surface area contributed by atoms with Crippen molar-refractivity contribution in [2.45, 2.75) is 49.6 Å². The summed E-state index contributed by atoms with van der Waals surface area (Å²) < 4.78 is 62.4. The molecule has 2 saturated heterocycles. The average Bonchev–Trinajstić information content (AvgIpc) is 3.57. The van der Waals surface area contributed by atoms with Crippen LogP contribution in [0.1, 0.15) is 19.1 Å². The second-order valence-electron chi connectivity index (χ2n) is 9.59. The van der Waals surface area contributed by atoms with Gasteiger partial charge in [-0.1, -0.05) is 24.5 Å². The van der Waals surface area contributed by atoms with Gasteiger partial charge in [0.2, 0.25) is 11.8 Å². The molecule has 1 saturated carbocycles. The van der Waals surface area contributed by atoms with Crippen LogP contribution in [0, 0.1) is 5.92 Å². The van der Waals surface area contributed by atoms with E-state index in [9.17, 15) is 19.0 Å². The summed E-state index contributed by atoms with van der Waals surface area (Å²) in [5.74, 6) is -0.319. The van der Waals surface area contributed by atoms with Gasteiger partial charge in [-0.25, -0.2) is 24.1 Å². The molecule has 17 nitrogen and oxygen atoms in total. The predicted molar refractivity (Wildman–Crippen MR) is 146 cm³/mol. The molecule has 3 fully saturated rings. The van der Waals surface area contributed by atoms with Gasteiger partial charge in [0.1, 0.15) is 30.7 Å². The Morgan fingerprint density at radius 3 is 2.68 bits per heavy atom. The van der Waals surface area contributed by atoms with Crippen LogP contribution in [-0.2, 0) is 32.0 Å². The van der Waals surface area contributed by atoms with E-state index in [1.807, 2.05) is 0 Å². The molecule has 6 rings (SSSR count). The van der Waals surface area contributed by atoms with Crippen molar-refractivity contribution < 1.29 is 41.8 Å². The van der Waals surface area contributed by atoms with Gasteiger partial charge in [-0.15, -0.1) is 0 Å². The monoisotopic (exact) mass is 649 g/mol. The number of hydrogen-bond donors (Lipinski definition) is 5. The summed E-state index contributed by atoms with van der Waals surface area (Å²) in [4.78, 5) is 30.7. The SMILES string of the molecule is Nc1nc2c(ncn2[C@@H]2O[C@@H]3CO[P@@](=O)(S)O[C@H]4C[C@H](Oc5ccncn5)C[C@@H]4CO[P@@](=O)(S)O[C@@H]2[C@@H]3O)c(=O)[nH]1. The van der Waals surface area contributed by atoms with Crippen LogP contribution in [-0.4, -0.2) is 78.3 Å². The molecule has 41 heavy (non-hydrogen) atoms. The standard InChI is InChI=1S/C20H25N7O10P2S2/c21-20-25-17-14(18(29)26-20)24-8-27(17)19-16-15(28)12(35-19)6-33-38(30,40)36-11-4-10(34-13-1-2-22-7-23-13)3-9(11)5-32-39(31,41)37-16/h1-2,7-12,15-16,19,28H,3-6H2,(H,30,40)(H,31,41)(H3,21,25,26,29)/t9-,10-,11+,12-,15-,16-,19-,38-,39-/m1/s1. The second-order valence-corrected chi connectivity index (χ2v) is 15.3. The summed E-state index contributed by atoms with van der Waals surface area (Å²) in [6.07, 6.45) is -1.67. The number of nitrogens with two attached hydrogens (primary N) is 1. The number of aromatic nitrogens is 6. The number of nitrogens with one attached hydrogen (secondary N) is 1. The minimum absolute atomic E-state index is 0.0152. The number of aromatic amines is 1. The molecule has 3 aromatic heterocycles. The molecule has 4 N–H and O–H groups in total. The topological polar surface area (TPSA) is 225 Å². The molecule has 0 unspecified atom stereocenters. The lowest BCUT2D eigenvalue weighted by Crippen LogP contribution is -2.35. The average molecular weight is 650 g/mol. The first-order chi connectivity index (χ1) is 19.5. The third kappa shape index (κ3) is 6.20. The van der Waals surface area contributed by atoms with Gasteiger partial charge in [0, 0.05) is 24.6 Å². The Bertz CT molecular complexity index is 1580. The van der Waals surface area contributed by atoms with Crippen LogP contribution in [0.5, 0.6) is 5.88 Å². The Balaban J connectivity index is 1.28. The number of ether oxygens (including phenoxy) is 2. The molecular weight excluding hydrogens is 624 g/mol. The minimum Gasteiger partial charge on any atom is -0.474 e. The molecular formula is C20H25N7O10P2S2. The minimum atomic E-state index is -4.16. The van der Waals surface area contributed by atoms with Gasteiger partial charge >= 0.3 is 13.6 Å². The number of aliphatic hydroxyl groups is 1. The van der Waals surface area contributed by atoms with Crippen molar-refractivity contribution in [3.8, 4) is 5.88 Å². The summed E-state index contributed by atoms with van der Waals surface area (Å²) in [6.45, 7) is -8.81. The largest absolute Gasteiger partial charge is 0.474 e. The van der Waals surface area contributed by atoms with E-state index >= 15 is 0 Å². The predicted octanol–water partition coefficient (Wildman–Crippen LogP) is 1.50. The summed E-state index contributed by atoms with van der Waals surface area (Å²) in [7, 11) is 0. The quantitative estimate of drug-likeness (QED) is 0.200. The van der Waals surface area contributed by atoms with Crippen molar-refractivity contribution >= 4 is 55.2 Å². The molecule has 0 radical (unpaired) electrons. The lowest BCUT2D eigenvalue weighted by molar-refractivity contribution is -0.0487. The summed E-state index contributed by atoms with van der Waals surface area (Å²) in [6, 6.07) is 1.59. The number of thiol groups is 2. The number of rotatable bonds is 3. The number of H-pyrrole nitrogens is 1. The lowest BCUT2D eigenvalue weighted by atomic mass is 10.1. The maximum Gasteiger partial charge on any atom is 0.386 e. The molecule has 222 valence electrons. The van der Waals surface area contributed by atoms with Crippen molar-refractivity contribution in [3.05, 3.63) is 35.3 Å². The molecule has 3 aliphatic rings. The first kappa shape index (κ1) is 29.0. The Kier molecular flexibility index (Phi) is 7.95. The molecule has 2 aliphatic heterocycles. The van der Waals surface area contributed by atoms with Gasteiger partial charge in [0.05, 0.1) is 25.6 Å². The highest BCUT2D eigenvalue weighted by molar-refractivity contribution is 8.44. The fourth-order valence-corrected chi connectivity index (χ4v) is 8.09. The molecule has 5 heterocycles. The van der Waals surface area contributed by atoms with Gasteiger partial charge in [-0.05, 0) is 6.42 Å². The maximum absolute atomic E-state index is 13.4. The van der Waals surface area contributed by atoms with E-state index < -0.39 is 68.4 Å². The summed E-state index contributed by atoms with van der Waals surface area (Å²) >= 11 is 8.25. The molecule has 9 atom stereocenters. The molecule has 0 spiro atoms. The highest BCUT2D eigenvalue weighted by atomic mass is 32.7. The molecule has 21 heteroatoms. The van der Waals surface area contributed by atoms with Crippen LogP contribution >= 0.6 is 38.1 Å². The fraction of sp³-hybridized carbons (Fsp3) is 0.550. The Labute approximate surface area is 241 Å². The molecule has 2 bridgehead atoms. The Morgan fingerprint density at radius 1 is 1.12 bits per heavy atom. The molecule has 1 aliphatic carbocycles. The van der Waals surface area contributed by atoms with Crippen molar-refractivity contribution in [2.24, 2.45) is 5.92 Å². The van der Waals surface area contributed by atoms with Crippen molar-refractivity contribution in [1.82, 2.24) is 29.5 Å². The molecule has 3 aromatic rings. The maximum atomic E-state index is 13.4. The van der Waals surface area contributed by atoms with Gasteiger partial charge in [0.15, 0.2) is 17.4 Å². The van der Waals surface area contributed by atoms with Crippen LogP contribution in [0.25, 0.3) is 11.2 Å². The lowest BCUT2D eigenvalue weighted by Gasteiger charge is -2.26. The van der Waals surface area contributed by atoms with E-state index in [1.54, 1.807) is 6.07 Å². The summed E-state index contributed by atoms with van der Waals surface area (Å²) in [5, 5.41) is 11.1. The van der Waals surface area contributed by atoms with Gasteiger partial charge in [-0.3, -0.25) is 27.9 Å².